The molecule has 0 spiro atoms. The first-order valence-corrected chi connectivity index (χ1v) is 9.41. The van der Waals surface area contributed by atoms with Crippen molar-refractivity contribution >= 4 is 23.6 Å². The molecule has 0 aliphatic heterocycles. The van der Waals surface area contributed by atoms with Crippen molar-refractivity contribution in [2.24, 2.45) is 5.73 Å². The second-order valence-electron chi connectivity index (χ2n) is 6.11. The summed E-state index contributed by atoms with van der Waals surface area (Å²) in [5.74, 6) is -0.248. The molecule has 0 atom stereocenters. The van der Waals surface area contributed by atoms with Gasteiger partial charge in [-0.25, -0.2) is 9.97 Å². The maximum Gasteiger partial charge on any atom is 0.227 e. The predicted molar refractivity (Wildman–Crippen MR) is 103 cm³/mol. The standard InChI is InChI=1S/C19H24N4O2S/c1-12-6-4-5-7-15(12)10-21-18(25)9-8-16-13(2)22-19(23-14(16)3)26-11-17(20)24/h4-7H,8-11H2,1-3H3,(H2,20,24)(H,21,25). The highest BCUT2D eigenvalue weighted by molar-refractivity contribution is 7.99. The van der Waals surface area contributed by atoms with Crippen LogP contribution in [0.25, 0.3) is 0 Å². The van der Waals surface area contributed by atoms with Gasteiger partial charge in [0.2, 0.25) is 11.8 Å². The van der Waals surface area contributed by atoms with Crippen LogP contribution >= 0.6 is 11.8 Å². The summed E-state index contributed by atoms with van der Waals surface area (Å²) in [6.07, 6.45) is 0.961. The first kappa shape index (κ1) is 19.9. The molecular formula is C19H24N4O2S. The van der Waals surface area contributed by atoms with E-state index >= 15 is 0 Å². The van der Waals surface area contributed by atoms with E-state index in [4.69, 9.17) is 5.73 Å². The monoisotopic (exact) mass is 372 g/mol. The molecule has 0 unspecified atom stereocenters. The summed E-state index contributed by atoms with van der Waals surface area (Å²) in [7, 11) is 0. The van der Waals surface area contributed by atoms with Crippen LogP contribution in [0.3, 0.4) is 0 Å². The Morgan fingerprint density at radius 1 is 1.12 bits per heavy atom. The Morgan fingerprint density at radius 3 is 2.38 bits per heavy atom. The minimum absolute atomic E-state index is 0.000710. The third kappa shape index (κ3) is 5.84. The van der Waals surface area contributed by atoms with Gasteiger partial charge >= 0.3 is 0 Å². The Bertz CT molecular complexity index is 785. The lowest BCUT2D eigenvalue weighted by molar-refractivity contribution is -0.121. The smallest absolute Gasteiger partial charge is 0.227 e. The van der Waals surface area contributed by atoms with Crippen molar-refractivity contribution in [1.29, 1.82) is 0 Å². The van der Waals surface area contributed by atoms with Crippen LogP contribution in [-0.4, -0.2) is 27.5 Å². The Morgan fingerprint density at radius 2 is 1.77 bits per heavy atom. The summed E-state index contributed by atoms with van der Waals surface area (Å²) in [4.78, 5) is 31.8. The normalized spacial score (nSPS) is 10.6. The number of nitrogens with two attached hydrogens (primary N) is 1. The van der Waals surface area contributed by atoms with Gasteiger partial charge in [0, 0.05) is 24.4 Å². The van der Waals surface area contributed by atoms with Crippen molar-refractivity contribution in [1.82, 2.24) is 15.3 Å². The fourth-order valence-corrected chi connectivity index (χ4v) is 3.27. The van der Waals surface area contributed by atoms with E-state index in [-0.39, 0.29) is 11.7 Å². The van der Waals surface area contributed by atoms with Gasteiger partial charge in [-0.1, -0.05) is 36.0 Å². The molecule has 0 fully saturated rings. The quantitative estimate of drug-likeness (QED) is 0.547. The molecule has 26 heavy (non-hydrogen) atoms. The van der Waals surface area contributed by atoms with Crippen molar-refractivity contribution in [3.63, 3.8) is 0 Å². The highest BCUT2D eigenvalue weighted by Gasteiger charge is 2.12. The number of carbonyl (C=O) groups is 2. The van der Waals surface area contributed by atoms with E-state index in [0.29, 0.717) is 24.5 Å². The van der Waals surface area contributed by atoms with E-state index in [1.54, 1.807) is 0 Å². The minimum Gasteiger partial charge on any atom is -0.369 e. The van der Waals surface area contributed by atoms with Gasteiger partial charge in [-0.05, 0) is 43.9 Å². The van der Waals surface area contributed by atoms with Crippen molar-refractivity contribution < 1.29 is 9.59 Å². The van der Waals surface area contributed by atoms with Gasteiger partial charge in [0.05, 0.1) is 5.75 Å². The Kier molecular flexibility index (Phi) is 7.15. The number of rotatable bonds is 8. The Balaban J connectivity index is 1.91. The number of nitrogens with zero attached hydrogens (tertiary/aromatic N) is 2. The molecule has 0 saturated carbocycles. The fraction of sp³-hybridized carbons (Fsp3) is 0.368. The number of carbonyl (C=O) groups excluding carboxylic acids is 2. The van der Waals surface area contributed by atoms with Gasteiger partial charge in [-0.15, -0.1) is 0 Å². The van der Waals surface area contributed by atoms with Gasteiger partial charge in [0.1, 0.15) is 0 Å². The van der Waals surface area contributed by atoms with Crippen LogP contribution < -0.4 is 11.1 Å². The molecule has 0 saturated heterocycles. The number of benzene rings is 1. The van der Waals surface area contributed by atoms with Crippen LogP contribution in [0, 0.1) is 20.8 Å². The fourth-order valence-electron chi connectivity index (χ4n) is 2.60. The maximum absolute atomic E-state index is 12.2. The zero-order chi connectivity index (χ0) is 19.1. The van der Waals surface area contributed by atoms with Gasteiger partial charge in [-0.3, -0.25) is 9.59 Å². The summed E-state index contributed by atoms with van der Waals surface area (Å²) in [5.41, 5.74) is 10.1. The molecule has 1 heterocycles. The van der Waals surface area contributed by atoms with E-state index in [2.05, 4.69) is 15.3 Å². The molecule has 1 aromatic heterocycles. The molecule has 2 aromatic rings. The zero-order valence-electron chi connectivity index (χ0n) is 15.3. The molecule has 0 bridgehead atoms. The molecule has 138 valence electrons. The molecule has 0 radical (unpaired) electrons. The van der Waals surface area contributed by atoms with Gasteiger partial charge in [-0.2, -0.15) is 0 Å². The van der Waals surface area contributed by atoms with E-state index in [1.807, 2.05) is 45.0 Å². The second-order valence-corrected chi connectivity index (χ2v) is 7.06. The Hall–Kier alpha value is -2.41. The van der Waals surface area contributed by atoms with E-state index in [9.17, 15) is 9.59 Å². The second kappa shape index (κ2) is 9.33. The number of nitrogens with one attached hydrogen (secondary N) is 1. The van der Waals surface area contributed by atoms with Gasteiger partial charge in [0.25, 0.3) is 0 Å². The van der Waals surface area contributed by atoms with Crippen LogP contribution in [0.15, 0.2) is 29.4 Å². The lowest BCUT2D eigenvalue weighted by Crippen LogP contribution is -2.23. The average Bonchev–Trinajstić information content (AvgIpc) is 2.58. The topological polar surface area (TPSA) is 98.0 Å². The van der Waals surface area contributed by atoms with Crippen molar-refractivity contribution in [2.45, 2.75) is 45.3 Å². The molecule has 6 nitrogen and oxygen atoms in total. The van der Waals surface area contributed by atoms with E-state index in [0.717, 1.165) is 28.1 Å². The molecular weight excluding hydrogens is 348 g/mol. The van der Waals surface area contributed by atoms with Gasteiger partial charge < -0.3 is 11.1 Å². The summed E-state index contributed by atoms with van der Waals surface area (Å²) >= 11 is 1.22. The highest BCUT2D eigenvalue weighted by Crippen LogP contribution is 2.18. The SMILES string of the molecule is Cc1ccccc1CNC(=O)CCc1c(C)nc(SCC(N)=O)nc1C. The summed E-state index contributed by atoms with van der Waals surface area (Å²) in [6, 6.07) is 8.00. The minimum atomic E-state index is -0.400. The largest absolute Gasteiger partial charge is 0.369 e. The maximum atomic E-state index is 12.2. The zero-order valence-corrected chi connectivity index (χ0v) is 16.2. The Labute approximate surface area is 158 Å². The van der Waals surface area contributed by atoms with Crippen molar-refractivity contribution in [3.05, 3.63) is 52.3 Å². The number of primary amides is 1. The third-order valence-corrected chi connectivity index (χ3v) is 4.95. The van der Waals surface area contributed by atoms with E-state index < -0.39 is 5.91 Å². The lowest BCUT2D eigenvalue weighted by atomic mass is 10.1. The molecule has 7 heteroatoms. The first-order chi connectivity index (χ1) is 12.4. The summed E-state index contributed by atoms with van der Waals surface area (Å²) < 4.78 is 0. The molecule has 2 rings (SSSR count). The van der Waals surface area contributed by atoms with Gasteiger partial charge in [0.15, 0.2) is 5.16 Å². The number of aromatic nitrogens is 2. The van der Waals surface area contributed by atoms with Crippen molar-refractivity contribution in [3.8, 4) is 0 Å². The van der Waals surface area contributed by atoms with E-state index in [1.165, 1.54) is 11.8 Å². The highest BCUT2D eigenvalue weighted by atomic mass is 32.2. The molecule has 2 amide bonds. The number of amides is 2. The van der Waals surface area contributed by atoms with Crippen LogP contribution in [-0.2, 0) is 22.6 Å². The molecule has 1 aromatic carbocycles. The first-order valence-electron chi connectivity index (χ1n) is 8.43. The molecule has 0 aliphatic rings. The number of hydrogen-bond donors (Lipinski definition) is 2. The van der Waals surface area contributed by atoms with Crippen LogP contribution in [0.5, 0.6) is 0 Å². The number of aryl methyl sites for hydroxylation is 3. The lowest BCUT2D eigenvalue weighted by Gasteiger charge is -2.11. The van der Waals surface area contributed by atoms with Crippen LogP contribution in [0.4, 0.5) is 0 Å². The summed E-state index contributed by atoms with van der Waals surface area (Å²) in [6.45, 7) is 6.35. The van der Waals surface area contributed by atoms with Crippen LogP contribution in [0.2, 0.25) is 0 Å². The van der Waals surface area contributed by atoms with Crippen molar-refractivity contribution in [2.75, 3.05) is 5.75 Å². The molecule has 0 aliphatic carbocycles. The predicted octanol–water partition coefficient (Wildman–Crippen LogP) is 2.23. The summed E-state index contributed by atoms with van der Waals surface area (Å²) in [5, 5.41) is 3.49. The number of thioether (sulfide) groups is 1. The number of hydrogen-bond acceptors (Lipinski definition) is 5. The molecule has 3 N–H and O–H groups in total. The third-order valence-electron chi connectivity index (χ3n) is 4.08. The average molecular weight is 372 g/mol. The van der Waals surface area contributed by atoms with Crippen LogP contribution in [0.1, 0.15) is 34.5 Å².